The molecule has 2 aromatic heterocycles. The van der Waals surface area contributed by atoms with Crippen molar-refractivity contribution in [3.05, 3.63) is 22.6 Å². The number of pyridine rings is 1. The van der Waals surface area contributed by atoms with Crippen LogP contribution in [0.15, 0.2) is 12.3 Å². The first-order valence-corrected chi connectivity index (χ1v) is 8.33. The first-order valence-electron chi connectivity index (χ1n) is 6.87. The normalized spacial score (nSPS) is 23.3. The molecule has 5 heteroatoms. The topological polar surface area (TPSA) is 33.6 Å². The number of aromatic amines is 1. The van der Waals surface area contributed by atoms with Crippen molar-refractivity contribution in [1.29, 1.82) is 0 Å². The number of H-pyrrole nitrogens is 1. The van der Waals surface area contributed by atoms with Crippen LogP contribution < -0.4 is 0 Å². The summed E-state index contributed by atoms with van der Waals surface area (Å²) in [7, 11) is 0. The maximum atomic E-state index is 5.50. The lowest BCUT2D eigenvalue weighted by Crippen LogP contribution is -2.07. The summed E-state index contributed by atoms with van der Waals surface area (Å²) in [6, 6.07) is 2.64. The van der Waals surface area contributed by atoms with Gasteiger partial charge in [-0.1, -0.05) is 6.92 Å². The molecule has 2 aromatic rings. The molecular weight excluding hydrogens is 274 g/mol. The van der Waals surface area contributed by atoms with Crippen molar-refractivity contribution in [2.75, 3.05) is 5.75 Å². The summed E-state index contributed by atoms with van der Waals surface area (Å²) in [6.45, 7) is 4.30. The van der Waals surface area contributed by atoms with Crippen molar-refractivity contribution in [3.8, 4) is 0 Å². The van der Waals surface area contributed by atoms with E-state index in [4.69, 9.17) is 12.2 Å². The molecule has 3 rings (SSSR count). The molecule has 1 fully saturated rings. The van der Waals surface area contributed by atoms with Crippen LogP contribution in [-0.2, 0) is 0 Å². The predicted octanol–water partition coefficient (Wildman–Crippen LogP) is 4.25. The van der Waals surface area contributed by atoms with Crippen LogP contribution in [0.2, 0.25) is 0 Å². The van der Waals surface area contributed by atoms with Crippen LogP contribution in [0.1, 0.15) is 37.8 Å². The average molecular weight is 293 g/mol. The Bertz CT molecular complexity index is 644. The highest BCUT2D eigenvalue weighted by molar-refractivity contribution is 7.99. The Morgan fingerprint density at radius 2 is 2.37 bits per heavy atom. The van der Waals surface area contributed by atoms with Gasteiger partial charge in [-0.15, -0.1) is 0 Å². The highest BCUT2D eigenvalue weighted by Crippen LogP contribution is 2.38. The van der Waals surface area contributed by atoms with E-state index in [1.165, 1.54) is 30.6 Å². The van der Waals surface area contributed by atoms with Crippen molar-refractivity contribution in [3.63, 3.8) is 0 Å². The molecule has 2 atom stereocenters. The number of aromatic nitrogens is 3. The van der Waals surface area contributed by atoms with E-state index in [2.05, 4.69) is 46.2 Å². The van der Waals surface area contributed by atoms with Crippen LogP contribution >= 0.6 is 24.0 Å². The van der Waals surface area contributed by atoms with E-state index in [1.54, 1.807) is 0 Å². The Kier molecular flexibility index (Phi) is 3.67. The second-order valence-corrected chi connectivity index (χ2v) is 7.19. The lowest BCUT2D eigenvalue weighted by Gasteiger charge is -2.13. The Hall–Kier alpha value is -0.810. The molecule has 0 aromatic carbocycles. The third-order valence-corrected chi connectivity index (χ3v) is 5.35. The van der Waals surface area contributed by atoms with Crippen molar-refractivity contribution in [1.82, 2.24) is 14.5 Å². The molecule has 0 aliphatic heterocycles. The van der Waals surface area contributed by atoms with Gasteiger partial charge in [-0.05, 0) is 55.8 Å². The first-order chi connectivity index (χ1) is 9.19. The third kappa shape index (κ3) is 2.46. The molecule has 102 valence electrons. The zero-order chi connectivity index (χ0) is 13.4. The molecule has 1 aliphatic carbocycles. The van der Waals surface area contributed by atoms with Crippen LogP contribution in [0.4, 0.5) is 0 Å². The van der Waals surface area contributed by atoms with Gasteiger partial charge in [-0.25, -0.2) is 4.98 Å². The van der Waals surface area contributed by atoms with Gasteiger partial charge >= 0.3 is 0 Å². The molecule has 0 radical (unpaired) electrons. The van der Waals surface area contributed by atoms with E-state index < -0.39 is 0 Å². The maximum Gasteiger partial charge on any atom is 0.179 e. The second-order valence-electron chi connectivity index (χ2n) is 5.23. The molecule has 1 N–H and O–H groups in total. The lowest BCUT2D eigenvalue weighted by atomic mass is 10.2. The molecule has 0 bridgehead atoms. The van der Waals surface area contributed by atoms with Gasteiger partial charge in [-0.2, -0.15) is 11.8 Å². The summed E-state index contributed by atoms with van der Waals surface area (Å²) in [5, 5.41) is 0.785. The zero-order valence-electron chi connectivity index (χ0n) is 11.3. The molecule has 2 heterocycles. The van der Waals surface area contributed by atoms with Gasteiger partial charge in [0.25, 0.3) is 0 Å². The van der Waals surface area contributed by atoms with Gasteiger partial charge in [-0.3, -0.25) is 4.57 Å². The second kappa shape index (κ2) is 5.29. The molecule has 1 aliphatic rings. The quantitative estimate of drug-likeness (QED) is 0.859. The van der Waals surface area contributed by atoms with Gasteiger partial charge in [0.05, 0.1) is 5.52 Å². The van der Waals surface area contributed by atoms with Gasteiger partial charge < -0.3 is 4.98 Å². The van der Waals surface area contributed by atoms with Crippen LogP contribution in [0.5, 0.6) is 0 Å². The Balaban J connectivity index is 1.97. The monoisotopic (exact) mass is 293 g/mol. The predicted molar refractivity (Wildman–Crippen MR) is 84.5 cm³/mol. The fourth-order valence-electron chi connectivity index (χ4n) is 3.00. The number of hydrogen-bond acceptors (Lipinski definition) is 3. The van der Waals surface area contributed by atoms with Crippen molar-refractivity contribution >= 4 is 35.1 Å². The standard InChI is InChI=1S/C14H19N3S2/c1-3-19-11-5-4-10(7-11)17-13-12(16-14(17)18)6-9(2)8-15-13/h6,8,10-11H,3-5,7H2,1-2H3,(H,16,18). The Labute approximate surface area is 122 Å². The summed E-state index contributed by atoms with van der Waals surface area (Å²) in [5.41, 5.74) is 3.25. The minimum Gasteiger partial charge on any atom is -0.329 e. The maximum absolute atomic E-state index is 5.50. The van der Waals surface area contributed by atoms with Crippen molar-refractivity contribution in [2.24, 2.45) is 0 Å². The highest BCUT2D eigenvalue weighted by atomic mass is 32.2. The Morgan fingerprint density at radius 3 is 3.16 bits per heavy atom. The molecule has 0 saturated heterocycles. The highest BCUT2D eigenvalue weighted by Gasteiger charge is 2.27. The fraction of sp³-hybridized carbons (Fsp3) is 0.571. The summed E-state index contributed by atoms with van der Waals surface area (Å²) in [6.07, 6.45) is 5.65. The van der Waals surface area contributed by atoms with Crippen LogP contribution in [-0.4, -0.2) is 25.5 Å². The summed E-state index contributed by atoms with van der Waals surface area (Å²) < 4.78 is 3.06. The summed E-state index contributed by atoms with van der Waals surface area (Å²) >= 11 is 7.57. The first kappa shape index (κ1) is 13.2. The van der Waals surface area contributed by atoms with E-state index in [1.807, 2.05) is 6.20 Å². The largest absolute Gasteiger partial charge is 0.329 e. The fourth-order valence-corrected chi connectivity index (χ4v) is 4.47. The smallest absolute Gasteiger partial charge is 0.179 e. The number of aryl methyl sites for hydroxylation is 1. The van der Waals surface area contributed by atoms with E-state index in [9.17, 15) is 0 Å². The van der Waals surface area contributed by atoms with Crippen LogP contribution in [0.25, 0.3) is 11.2 Å². The number of rotatable bonds is 3. The number of thioether (sulfide) groups is 1. The van der Waals surface area contributed by atoms with Crippen LogP contribution in [0, 0.1) is 11.7 Å². The molecule has 0 amide bonds. The van der Waals surface area contributed by atoms with Crippen molar-refractivity contribution < 1.29 is 0 Å². The number of nitrogens with zero attached hydrogens (tertiary/aromatic N) is 2. The number of hydrogen-bond donors (Lipinski definition) is 1. The number of fused-ring (bicyclic) bond motifs is 1. The van der Waals surface area contributed by atoms with Crippen molar-refractivity contribution in [2.45, 2.75) is 44.4 Å². The third-order valence-electron chi connectivity index (χ3n) is 3.82. The van der Waals surface area contributed by atoms with E-state index in [0.717, 1.165) is 21.2 Å². The summed E-state index contributed by atoms with van der Waals surface area (Å²) in [5.74, 6) is 1.20. The van der Waals surface area contributed by atoms with E-state index in [0.29, 0.717) is 6.04 Å². The van der Waals surface area contributed by atoms with Crippen LogP contribution in [0.3, 0.4) is 0 Å². The van der Waals surface area contributed by atoms with Gasteiger partial charge in [0.2, 0.25) is 0 Å². The lowest BCUT2D eigenvalue weighted by molar-refractivity contribution is 0.524. The molecule has 3 nitrogen and oxygen atoms in total. The molecule has 19 heavy (non-hydrogen) atoms. The Morgan fingerprint density at radius 1 is 1.53 bits per heavy atom. The minimum absolute atomic E-state index is 0.514. The molecule has 2 unspecified atom stereocenters. The number of nitrogens with one attached hydrogen (secondary N) is 1. The molecular formula is C14H19N3S2. The van der Waals surface area contributed by atoms with Gasteiger partial charge in [0, 0.05) is 17.5 Å². The molecule has 0 spiro atoms. The SMILES string of the molecule is CCSC1CCC(n2c(=S)[nH]c3cc(C)cnc32)C1. The summed E-state index contributed by atoms with van der Waals surface area (Å²) in [4.78, 5) is 7.88. The zero-order valence-corrected chi connectivity index (χ0v) is 13.0. The minimum atomic E-state index is 0.514. The van der Waals surface area contributed by atoms with Gasteiger partial charge in [0.1, 0.15) is 0 Å². The van der Waals surface area contributed by atoms with Gasteiger partial charge in [0.15, 0.2) is 10.4 Å². The average Bonchev–Trinajstić information content (AvgIpc) is 2.92. The van der Waals surface area contributed by atoms with E-state index in [-0.39, 0.29) is 0 Å². The molecule has 1 saturated carbocycles. The number of imidazole rings is 1. The van der Waals surface area contributed by atoms with E-state index >= 15 is 0 Å².